The predicted molar refractivity (Wildman–Crippen MR) is 78.6 cm³/mol. The minimum Gasteiger partial charge on any atom is -0.484 e. The number of ether oxygens (including phenoxy) is 1. The number of aryl methyl sites for hydroxylation is 1. The Bertz CT molecular complexity index is 571. The lowest BCUT2D eigenvalue weighted by atomic mass is 9.96. The Morgan fingerprint density at radius 1 is 1.48 bits per heavy atom. The molecule has 1 unspecified atom stereocenters. The maximum Gasteiger partial charge on any atom is 0.329 e. The van der Waals surface area contributed by atoms with Crippen molar-refractivity contribution >= 4 is 23.5 Å². The van der Waals surface area contributed by atoms with E-state index in [0.717, 1.165) is 18.4 Å². The van der Waals surface area contributed by atoms with Crippen LogP contribution < -0.4 is 10.1 Å². The zero-order chi connectivity index (χ0) is 15.6. The first-order valence-electron chi connectivity index (χ1n) is 6.76. The quantitative estimate of drug-likeness (QED) is 0.846. The summed E-state index contributed by atoms with van der Waals surface area (Å²) in [4.78, 5) is 23.3. The first-order chi connectivity index (χ1) is 9.83. The largest absolute Gasteiger partial charge is 0.484 e. The van der Waals surface area contributed by atoms with Crippen LogP contribution in [0.5, 0.6) is 5.75 Å². The van der Waals surface area contributed by atoms with Crippen LogP contribution in [0, 0.1) is 12.8 Å². The summed E-state index contributed by atoms with van der Waals surface area (Å²) in [6.07, 6.45) is 1.64. The lowest BCUT2D eigenvalue weighted by Crippen LogP contribution is -2.55. The molecule has 1 amide bonds. The van der Waals surface area contributed by atoms with Crippen LogP contribution in [0.15, 0.2) is 18.2 Å². The first kappa shape index (κ1) is 15.6. The fourth-order valence-electron chi connectivity index (χ4n) is 2.23. The Morgan fingerprint density at radius 3 is 2.67 bits per heavy atom. The first-order valence-corrected chi connectivity index (χ1v) is 7.14. The molecular formula is C15H18ClNO4. The number of carboxylic acid groups (broad SMARTS) is 1. The molecule has 0 heterocycles. The van der Waals surface area contributed by atoms with Gasteiger partial charge in [0.25, 0.3) is 5.91 Å². The van der Waals surface area contributed by atoms with Crippen molar-refractivity contribution in [2.45, 2.75) is 32.2 Å². The highest BCUT2D eigenvalue weighted by Crippen LogP contribution is 2.39. The van der Waals surface area contributed by atoms with Gasteiger partial charge in [-0.15, -0.1) is 0 Å². The Morgan fingerprint density at radius 2 is 2.14 bits per heavy atom. The standard InChI is InChI=1S/C15H18ClNO4/c1-9-7-11(16)5-6-12(9)21-8-13(18)17-15(2,14(19)20)10-3-4-10/h5-7,10H,3-4,8H2,1-2H3,(H,17,18)(H,19,20). The molecule has 1 aromatic rings. The minimum absolute atomic E-state index is 0.00350. The summed E-state index contributed by atoms with van der Waals surface area (Å²) in [6, 6.07) is 5.09. The minimum atomic E-state index is -1.21. The van der Waals surface area contributed by atoms with Crippen LogP contribution in [0.25, 0.3) is 0 Å². The number of carboxylic acids is 1. The molecule has 6 heteroatoms. The molecular weight excluding hydrogens is 294 g/mol. The monoisotopic (exact) mass is 311 g/mol. The average molecular weight is 312 g/mol. The number of amides is 1. The molecule has 0 radical (unpaired) electrons. The van der Waals surface area contributed by atoms with E-state index in [9.17, 15) is 14.7 Å². The van der Waals surface area contributed by atoms with E-state index in [-0.39, 0.29) is 12.5 Å². The Labute approximate surface area is 128 Å². The number of benzene rings is 1. The molecule has 1 fully saturated rings. The molecule has 0 saturated heterocycles. The maximum atomic E-state index is 11.9. The van der Waals surface area contributed by atoms with E-state index in [1.165, 1.54) is 0 Å². The van der Waals surface area contributed by atoms with Gasteiger partial charge in [-0.1, -0.05) is 11.6 Å². The average Bonchev–Trinajstić information content (AvgIpc) is 3.21. The molecule has 1 aliphatic rings. The highest BCUT2D eigenvalue weighted by Gasteiger charge is 2.48. The van der Waals surface area contributed by atoms with Crippen molar-refractivity contribution in [3.63, 3.8) is 0 Å². The number of hydrogen-bond donors (Lipinski definition) is 2. The van der Waals surface area contributed by atoms with Gasteiger partial charge in [0.15, 0.2) is 6.61 Å². The van der Waals surface area contributed by atoms with E-state index in [1.54, 1.807) is 25.1 Å². The Kier molecular flexibility index (Phi) is 4.42. The van der Waals surface area contributed by atoms with Gasteiger partial charge in [0, 0.05) is 5.02 Å². The molecule has 0 aromatic heterocycles. The van der Waals surface area contributed by atoms with Crippen LogP contribution in [-0.4, -0.2) is 29.1 Å². The van der Waals surface area contributed by atoms with E-state index in [1.807, 2.05) is 6.92 Å². The molecule has 1 aliphatic carbocycles. The number of hydrogen-bond acceptors (Lipinski definition) is 3. The SMILES string of the molecule is Cc1cc(Cl)ccc1OCC(=O)NC(C)(C(=O)O)C1CC1. The smallest absolute Gasteiger partial charge is 0.329 e. The van der Waals surface area contributed by atoms with E-state index in [4.69, 9.17) is 16.3 Å². The van der Waals surface area contributed by atoms with Gasteiger partial charge in [0.1, 0.15) is 11.3 Å². The fourth-order valence-corrected chi connectivity index (χ4v) is 2.46. The lowest BCUT2D eigenvalue weighted by molar-refractivity contribution is -0.148. The van der Waals surface area contributed by atoms with Gasteiger partial charge in [-0.25, -0.2) is 4.79 Å². The van der Waals surface area contributed by atoms with Crippen molar-refractivity contribution < 1.29 is 19.4 Å². The second-order valence-corrected chi connectivity index (χ2v) is 5.96. The topological polar surface area (TPSA) is 75.6 Å². The van der Waals surface area contributed by atoms with Crippen LogP contribution in [0.3, 0.4) is 0 Å². The summed E-state index contributed by atoms with van der Waals surface area (Å²) in [7, 11) is 0. The highest BCUT2D eigenvalue weighted by molar-refractivity contribution is 6.30. The van der Waals surface area contributed by atoms with Gasteiger partial charge in [-0.3, -0.25) is 4.79 Å². The summed E-state index contributed by atoms with van der Waals surface area (Å²) in [6.45, 7) is 3.14. The van der Waals surface area contributed by atoms with Gasteiger partial charge in [0.2, 0.25) is 0 Å². The molecule has 1 aromatic carbocycles. The zero-order valence-corrected chi connectivity index (χ0v) is 12.7. The van der Waals surface area contributed by atoms with Crippen molar-refractivity contribution in [2.75, 3.05) is 6.61 Å². The van der Waals surface area contributed by atoms with Crippen molar-refractivity contribution in [3.8, 4) is 5.75 Å². The third-order valence-electron chi connectivity index (χ3n) is 3.73. The third kappa shape index (κ3) is 3.67. The van der Waals surface area contributed by atoms with Gasteiger partial charge in [-0.2, -0.15) is 0 Å². The predicted octanol–water partition coefficient (Wildman–Crippen LogP) is 2.40. The van der Waals surface area contributed by atoms with E-state index < -0.39 is 17.4 Å². The maximum absolute atomic E-state index is 11.9. The van der Waals surface area contributed by atoms with Crippen LogP contribution >= 0.6 is 11.6 Å². The van der Waals surface area contributed by atoms with Crippen molar-refractivity contribution in [1.82, 2.24) is 5.32 Å². The van der Waals surface area contributed by atoms with Crippen LogP contribution in [0.4, 0.5) is 0 Å². The molecule has 1 atom stereocenters. The van der Waals surface area contributed by atoms with Crippen molar-refractivity contribution in [3.05, 3.63) is 28.8 Å². The number of carbonyl (C=O) groups excluding carboxylic acids is 1. The lowest BCUT2D eigenvalue weighted by Gasteiger charge is -2.26. The normalized spacial score (nSPS) is 16.9. The third-order valence-corrected chi connectivity index (χ3v) is 3.97. The van der Waals surface area contributed by atoms with Crippen molar-refractivity contribution in [2.24, 2.45) is 5.92 Å². The molecule has 21 heavy (non-hydrogen) atoms. The zero-order valence-electron chi connectivity index (χ0n) is 12.0. The summed E-state index contributed by atoms with van der Waals surface area (Å²) >= 11 is 5.84. The second-order valence-electron chi connectivity index (χ2n) is 5.53. The van der Waals surface area contributed by atoms with E-state index >= 15 is 0 Å². The highest BCUT2D eigenvalue weighted by atomic mass is 35.5. The molecule has 0 aliphatic heterocycles. The van der Waals surface area contributed by atoms with Crippen LogP contribution in [0.1, 0.15) is 25.3 Å². The Balaban J connectivity index is 1.94. The van der Waals surface area contributed by atoms with Crippen molar-refractivity contribution in [1.29, 1.82) is 0 Å². The fraction of sp³-hybridized carbons (Fsp3) is 0.467. The van der Waals surface area contributed by atoms with Gasteiger partial charge >= 0.3 is 5.97 Å². The van der Waals surface area contributed by atoms with E-state index in [2.05, 4.69) is 5.32 Å². The molecule has 0 spiro atoms. The molecule has 2 rings (SSSR count). The second kappa shape index (κ2) is 5.93. The summed E-state index contributed by atoms with van der Waals surface area (Å²) in [5.74, 6) is -0.906. The molecule has 5 nitrogen and oxygen atoms in total. The van der Waals surface area contributed by atoms with Crippen LogP contribution in [-0.2, 0) is 9.59 Å². The van der Waals surface area contributed by atoms with Gasteiger partial charge in [0.05, 0.1) is 0 Å². The number of halogens is 1. The number of nitrogens with one attached hydrogen (secondary N) is 1. The Hall–Kier alpha value is -1.75. The van der Waals surface area contributed by atoms with Crippen LogP contribution in [0.2, 0.25) is 5.02 Å². The molecule has 0 bridgehead atoms. The summed E-state index contributed by atoms with van der Waals surface area (Å²) in [5, 5.41) is 12.4. The van der Waals surface area contributed by atoms with Gasteiger partial charge in [-0.05, 0) is 56.4 Å². The number of rotatable bonds is 6. The number of aliphatic carboxylic acids is 1. The van der Waals surface area contributed by atoms with Gasteiger partial charge < -0.3 is 15.2 Å². The number of carbonyl (C=O) groups is 2. The summed E-state index contributed by atoms with van der Waals surface area (Å²) in [5.41, 5.74) is -0.395. The van der Waals surface area contributed by atoms with E-state index in [0.29, 0.717) is 10.8 Å². The molecule has 114 valence electrons. The molecule has 1 saturated carbocycles. The molecule has 2 N–H and O–H groups in total. The summed E-state index contributed by atoms with van der Waals surface area (Å²) < 4.78 is 5.42.